The minimum absolute atomic E-state index is 0.0625. The summed E-state index contributed by atoms with van der Waals surface area (Å²) in [5, 5.41) is 2.93. The van der Waals surface area contributed by atoms with E-state index in [1.165, 1.54) is 0 Å². The maximum Gasteiger partial charge on any atom is 0.224 e. The molecular formula is C18H26N2O. The lowest BCUT2D eigenvalue weighted by Crippen LogP contribution is -2.18. The summed E-state index contributed by atoms with van der Waals surface area (Å²) in [7, 11) is 0. The molecule has 1 aromatic carbocycles. The van der Waals surface area contributed by atoms with Crippen molar-refractivity contribution in [1.29, 1.82) is 0 Å². The molecule has 1 aromatic rings. The fraction of sp³-hybridized carbons (Fsp3) is 0.500. The standard InChI is InChI=1S/C18H26N2O/c1-14(13-18(2,3)4)12-17(21)20-16-9-7-15(8-10-16)6-5-11-19/h7-10,14H,11-13,19H2,1-4H3,(H,20,21). The zero-order valence-electron chi connectivity index (χ0n) is 13.5. The molecule has 3 nitrogen and oxygen atoms in total. The van der Waals surface area contributed by atoms with Crippen molar-refractivity contribution in [3.8, 4) is 11.8 Å². The quantitative estimate of drug-likeness (QED) is 0.834. The molecule has 0 saturated heterocycles. The number of benzene rings is 1. The van der Waals surface area contributed by atoms with Gasteiger partial charge in [0.05, 0.1) is 6.54 Å². The highest BCUT2D eigenvalue weighted by Gasteiger charge is 2.17. The molecule has 0 aliphatic carbocycles. The first kappa shape index (κ1) is 17.3. The van der Waals surface area contributed by atoms with Crippen LogP contribution in [-0.2, 0) is 4.79 Å². The average molecular weight is 286 g/mol. The van der Waals surface area contributed by atoms with Crippen molar-refractivity contribution in [3.63, 3.8) is 0 Å². The normalized spacial score (nSPS) is 12.2. The Morgan fingerprint density at radius 2 is 1.90 bits per heavy atom. The van der Waals surface area contributed by atoms with Gasteiger partial charge in [0.2, 0.25) is 5.91 Å². The van der Waals surface area contributed by atoms with Gasteiger partial charge in [-0.15, -0.1) is 0 Å². The molecule has 0 bridgehead atoms. The summed E-state index contributed by atoms with van der Waals surface area (Å²) in [6.45, 7) is 9.06. The van der Waals surface area contributed by atoms with Gasteiger partial charge in [0.15, 0.2) is 0 Å². The van der Waals surface area contributed by atoms with E-state index in [9.17, 15) is 4.79 Å². The van der Waals surface area contributed by atoms with Crippen LogP contribution in [0.4, 0.5) is 5.69 Å². The van der Waals surface area contributed by atoms with Crippen molar-refractivity contribution in [2.75, 3.05) is 11.9 Å². The summed E-state index contributed by atoms with van der Waals surface area (Å²) in [4.78, 5) is 12.0. The average Bonchev–Trinajstić information content (AvgIpc) is 2.35. The van der Waals surface area contributed by atoms with Crippen LogP contribution in [0.25, 0.3) is 0 Å². The van der Waals surface area contributed by atoms with Crippen LogP contribution in [0.5, 0.6) is 0 Å². The topological polar surface area (TPSA) is 55.1 Å². The number of rotatable bonds is 4. The predicted molar refractivity (Wildman–Crippen MR) is 88.9 cm³/mol. The molecule has 0 aromatic heterocycles. The van der Waals surface area contributed by atoms with Gasteiger partial charge in [-0.25, -0.2) is 0 Å². The smallest absolute Gasteiger partial charge is 0.224 e. The number of anilines is 1. The van der Waals surface area contributed by atoms with Crippen LogP contribution >= 0.6 is 0 Å². The van der Waals surface area contributed by atoms with E-state index in [1.54, 1.807) is 0 Å². The SMILES string of the molecule is CC(CC(=O)Nc1ccc(C#CCN)cc1)CC(C)(C)C. The molecule has 3 N–H and O–H groups in total. The van der Waals surface area contributed by atoms with Gasteiger partial charge in [0, 0.05) is 17.7 Å². The van der Waals surface area contributed by atoms with Crippen LogP contribution in [0.2, 0.25) is 0 Å². The first-order valence-electron chi connectivity index (χ1n) is 7.39. The third-order valence-corrected chi connectivity index (χ3v) is 3.00. The summed E-state index contributed by atoms with van der Waals surface area (Å²) in [5.74, 6) is 6.20. The molecule has 0 aliphatic rings. The zero-order valence-corrected chi connectivity index (χ0v) is 13.5. The third-order valence-electron chi connectivity index (χ3n) is 3.00. The number of amides is 1. The van der Waals surface area contributed by atoms with Gasteiger partial charge in [-0.3, -0.25) is 4.79 Å². The Bertz CT molecular complexity index is 515. The van der Waals surface area contributed by atoms with Crippen molar-refractivity contribution in [2.24, 2.45) is 17.1 Å². The number of nitrogens with two attached hydrogens (primary N) is 1. The van der Waals surface area contributed by atoms with Crippen molar-refractivity contribution in [3.05, 3.63) is 29.8 Å². The highest BCUT2D eigenvalue weighted by molar-refractivity contribution is 5.90. The Morgan fingerprint density at radius 3 is 2.43 bits per heavy atom. The number of carbonyl (C=O) groups excluding carboxylic acids is 1. The van der Waals surface area contributed by atoms with E-state index in [-0.39, 0.29) is 11.3 Å². The monoisotopic (exact) mass is 286 g/mol. The van der Waals surface area contributed by atoms with E-state index in [0.717, 1.165) is 17.7 Å². The summed E-state index contributed by atoms with van der Waals surface area (Å²) >= 11 is 0. The van der Waals surface area contributed by atoms with Gasteiger partial charge in [-0.2, -0.15) is 0 Å². The van der Waals surface area contributed by atoms with E-state index in [1.807, 2.05) is 24.3 Å². The van der Waals surface area contributed by atoms with Gasteiger partial charge in [-0.1, -0.05) is 39.5 Å². The van der Waals surface area contributed by atoms with Crippen LogP contribution in [0, 0.1) is 23.2 Å². The first-order chi connectivity index (χ1) is 9.80. The molecule has 1 amide bonds. The highest BCUT2D eigenvalue weighted by atomic mass is 16.1. The van der Waals surface area contributed by atoms with Crippen molar-refractivity contribution in [1.82, 2.24) is 0 Å². The van der Waals surface area contributed by atoms with Gasteiger partial charge in [0.25, 0.3) is 0 Å². The summed E-state index contributed by atoms with van der Waals surface area (Å²) in [6, 6.07) is 7.51. The molecule has 114 valence electrons. The summed E-state index contributed by atoms with van der Waals surface area (Å²) in [5.41, 5.74) is 7.29. The first-order valence-corrected chi connectivity index (χ1v) is 7.39. The molecule has 21 heavy (non-hydrogen) atoms. The molecular weight excluding hydrogens is 260 g/mol. The van der Waals surface area contributed by atoms with E-state index in [4.69, 9.17) is 5.73 Å². The van der Waals surface area contributed by atoms with Gasteiger partial charge < -0.3 is 11.1 Å². The molecule has 1 rings (SSSR count). The largest absolute Gasteiger partial charge is 0.326 e. The molecule has 0 heterocycles. The van der Waals surface area contributed by atoms with Crippen LogP contribution in [0.15, 0.2) is 24.3 Å². The van der Waals surface area contributed by atoms with Gasteiger partial charge >= 0.3 is 0 Å². The summed E-state index contributed by atoms with van der Waals surface area (Å²) in [6.07, 6.45) is 1.58. The second kappa shape index (κ2) is 7.85. The highest BCUT2D eigenvalue weighted by Crippen LogP contribution is 2.26. The van der Waals surface area contributed by atoms with Crippen molar-refractivity contribution in [2.45, 2.75) is 40.5 Å². The molecule has 1 atom stereocenters. The Hall–Kier alpha value is -1.79. The molecule has 0 saturated carbocycles. The molecule has 1 unspecified atom stereocenters. The number of nitrogens with one attached hydrogen (secondary N) is 1. The number of hydrogen-bond donors (Lipinski definition) is 2. The van der Waals surface area contributed by atoms with E-state index in [2.05, 4.69) is 44.9 Å². The minimum atomic E-state index is 0.0625. The molecule has 3 heteroatoms. The number of carbonyl (C=O) groups is 1. The molecule has 0 radical (unpaired) electrons. The minimum Gasteiger partial charge on any atom is -0.326 e. The Kier molecular flexibility index (Phi) is 6.45. The van der Waals surface area contributed by atoms with Crippen LogP contribution in [-0.4, -0.2) is 12.5 Å². The Labute approximate surface area is 128 Å². The summed E-state index contributed by atoms with van der Waals surface area (Å²) < 4.78 is 0. The molecule has 0 aliphatic heterocycles. The van der Waals surface area contributed by atoms with Gasteiger partial charge in [-0.05, 0) is 42.0 Å². The fourth-order valence-electron chi connectivity index (χ4n) is 2.44. The fourth-order valence-corrected chi connectivity index (χ4v) is 2.44. The zero-order chi connectivity index (χ0) is 15.9. The van der Waals surface area contributed by atoms with Crippen LogP contribution < -0.4 is 11.1 Å². The lowest BCUT2D eigenvalue weighted by atomic mass is 9.84. The van der Waals surface area contributed by atoms with Crippen molar-refractivity contribution >= 4 is 11.6 Å². The Morgan fingerprint density at radius 1 is 1.29 bits per heavy atom. The molecule has 0 spiro atoms. The van der Waals surface area contributed by atoms with Crippen LogP contribution in [0.3, 0.4) is 0 Å². The van der Waals surface area contributed by atoms with E-state index in [0.29, 0.717) is 18.9 Å². The maximum atomic E-state index is 12.0. The van der Waals surface area contributed by atoms with E-state index < -0.39 is 0 Å². The van der Waals surface area contributed by atoms with Crippen LogP contribution in [0.1, 0.15) is 46.1 Å². The lowest BCUT2D eigenvalue weighted by molar-refractivity contribution is -0.117. The lowest BCUT2D eigenvalue weighted by Gasteiger charge is -2.22. The Balaban J connectivity index is 2.51. The van der Waals surface area contributed by atoms with Crippen molar-refractivity contribution < 1.29 is 4.79 Å². The van der Waals surface area contributed by atoms with E-state index >= 15 is 0 Å². The van der Waals surface area contributed by atoms with Gasteiger partial charge in [0.1, 0.15) is 0 Å². The predicted octanol–water partition coefficient (Wildman–Crippen LogP) is 3.40. The third kappa shape index (κ3) is 7.53. The molecule has 0 fully saturated rings. The second-order valence-corrected chi connectivity index (χ2v) is 6.71. The number of hydrogen-bond acceptors (Lipinski definition) is 2. The second-order valence-electron chi connectivity index (χ2n) is 6.71. The maximum absolute atomic E-state index is 12.0.